The van der Waals surface area contributed by atoms with Crippen LogP contribution in [0.25, 0.3) is 0 Å². The Bertz CT molecular complexity index is 876. The van der Waals surface area contributed by atoms with Crippen LogP contribution in [0, 0.1) is 0 Å². The molecule has 1 fully saturated rings. The third-order valence-electron chi connectivity index (χ3n) is 4.17. The van der Waals surface area contributed by atoms with Gasteiger partial charge in [-0.05, 0) is 35.7 Å². The van der Waals surface area contributed by atoms with Gasteiger partial charge >= 0.3 is 5.97 Å². The van der Waals surface area contributed by atoms with Gasteiger partial charge in [-0.1, -0.05) is 6.07 Å². The number of thiophene rings is 1. The minimum Gasteiger partial charge on any atom is -0.427 e. The second-order valence-electron chi connectivity index (χ2n) is 6.10. The average Bonchev–Trinajstić information content (AvgIpc) is 3.21. The first-order valence-corrected chi connectivity index (χ1v) is 9.19. The van der Waals surface area contributed by atoms with Crippen molar-refractivity contribution in [2.24, 2.45) is 0 Å². The Kier molecular flexibility index (Phi) is 5.36. The Morgan fingerprint density at radius 3 is 2.44 bits per heavy atom. The molecule has 1 atom stereocenters. The molecule has 2 aromatic rings. The highest BCUT2D eigenvalue weighted by Crippen LogP contribution is 2.28. The van der Waals surface area contributed by atoms with E-state index in [1.807, 2.05) is 17.5 Å². The summed E-state index contributed by atoms with van der Waals surface area (Å²) in [5.41, 5.74) is 0.378. The van der Waals surface area contributed by atoms with Crippen molar-refractivity contribution in [3.63, 3.8) is 0 Å². The number of esters is 1. The highest BCUT2D eigenvalue weighted by Gasteiger charge is 2.43. The summed E-state index contributed by atoms with van der Waals surface area (Å²) in [7, 11) is 0. The van der Waals surface area contributed by atoms with Crippen molar-refractivity contribution in [1.29, 1.82) is 0 Å². The van der Waals surface area contributed by atoms with E-state index < -0.39 is 17.9 Å². The Hall–Kier alpha value is -3.00. The third-order valence-corrected chi connectivity index (χ3v) is 5.03. The van der Waals surface area contributed by atoms with Crippen LogP contribution in [0.5, 0.6) is 5.75 Å². The second kappa shape index (κ2) is 7.71. The van der Waals surface area contributed by atoms with E-state index in [0.717, 1.165) is 9.78 Å². The number of hydrogen-bond acceptors (Lipinski definition) is 6. The highest BCUT2D eigenvalue weighted by molar-refractivity contribution is 7.09. The Balaban J connectivity index is 1.81. The zero-order valence-electron chi connectivity index (χ0n) is 14.9. The summed E-state index contributed by atoms with van der Waals surface area (Å²) in [6.07, 6.45) is -0.0600. The van der Waals surface area contributed by atoms with Crippen molar-refractivity contribution in [2.45, 2.75) is 32.9 Å². The number of hydrogen-bond donors (Lipinski definition) is 0. The van der Waals surface area contributed by atoms with Gasteiger partial charge in [0.1, 0.15) is 11.8 Å². The fraction of sp³-hybridized carbons (Fsp3) is 0.263. The number of ether oxygens (including phenoxy) is 1. The topological polar surface area (TPSA) is 84.0 Å². The number of carbonyl (C=O) groups excluding carboxylic acids is 4. The van der Waals surface area contributed by atoms with Crippen LogP contribution < -0.4 is 9.64 Å². The molecule has 140 valence electrons. The number of nitrogens with zero attached hydrogens (tertiary/aromatic N) is 2. The second-order valence-corrected chi connectivity index (χ2v) is 7.13. The number of rotatable bonds is 5. The van der Waals surface area contributed by atoms with Crippen LogP contribution in [0.3, 0.4) is 0 Å². The van der Waals surface area contributed by atoms with E-state index in [1.54, 1.807) is 0 Å². The molecule has 3 amide bonds. The van der Waals surface area contributed by atoms with Gasteiger partial charge in [0.05, 0.1) is 18.7 Å². The molecule has 0 aliphatic carbocycles. The quantitative estimate of drug-likeness (QED) is 0.447. The SMILES string of the molecule is CC(=O)Oc1ccc(N2C(=O)CC(N(Cc3cccs3)C(C)=O)C2=O)cc1. The maximum atomic E-state index is 12.9. The molecule has 1 saturated heterocycles. The molecular weight excluding hydrogens is 368 g/mol. The number of amides is 3. The molecule has 8 heteroatoms. The largest absolute Gasteiger partial charge is 0.427 e. The summed E-state index contributed by atoms with van der Waals surface area (Å²) in [4.78, 5) is 51.9. The van der Waals surface area contributed by atoms with Crippen molar-refractivity contribution >= 4 is 40.7 Å². The van der Waals surface area contributed by atoms with Crippen LogP contribution in [0.1, 0.15) is 25.1 Å². The molecule has 27 heavy (non-hydrogen) atoms. The lowest BCUT2D eigenvalue weighted by Gasteiger charge is -2.26. The molecule has 1 aromatic heterocycles. The predicted octanol–water partition coefficient (Wildman–Crippen LogP) is 2.35. The molecule has 2 heterocycles. The van der Waals surface area contributed by atoms with E-state index in [-0.39, 0.29) is 24.8 Å². The van der Waals surface area contributed by atoms with Crippen LogP contribution in [0.15, 0.2) is 41.8 Å². The van der Waals surface area contributed by atoms with E-state index >= 15 is 0 Å². The molecule has 0 radical (unpaired) electrons. The van der Waals surface area contributed by atoms with Crippen molar-refractivity contribution in [1.82, 2.24) is 4.90 Å². The van der Waals surface area contributed by atoms with Gasteiger partial charge in [-0.2, -0.15) is 0 Å². The summed E-state index contributed by atoms with van der Waals surface area (Å²) >= 11 is 1.49. The van der Waals surface area contributed by atoms with Crippen molar-refractivity contribution in [3.05, 3.63) is 46.7 Å². The van der Waals surface area contributed by atoms with Gasteiger partial charge < -0.3 is 9.64 Å². The zero-order chi connectivity index (χ0) is 19.6. The Morgan fingerprint density at radius 1 is 1.19 bits per heavy atom. The van der Waals surface area contributed by atoms with Crippen molar-refractivity contribution in [2.75, 3.05) is 4.90 Å². The van der Waals surface area contributed by atoms with Crippen LogP contribution in [-0.2, 0) is 25.7 Å². The summed E-state index contributed by atoms with van der Waals surface area (Å²) in [5.74, 6) is -1.21. The molecule has 3 rings (SSSR count). The fourth-order valence-electron chi connectivity index (χ4n) is 2.97. The normalized spacial score (nSPS) is 16.5. The molecule has 0 bridgehead atoms. The fourth-order valence-corrected chi connectivity index (χ4v) is 3.67. The molecule has 1 aliphatic rings. The maximum absolute atomic E-state index is 12.9. The lowest BCUT2D eigenvalue weighted by Crippen LogP contribution is -2.44. The Labute approximate surface area is 160 Å². The first-order chi connectivity index (χ1) is 12.9. The van der Waals surface area contributed by atoms with Gasteiger partial charge in [-0.15, -0.1) is 11.3 Å². The molecule has 0 spiro atoms. The van der Waals surface area contributed by atoms with Gasteiger partial charge in [0.15, 0.2) is 0 Å². The van der Waals surface area contributed by atoms with Gasteiger partial charge in [0.2, 0.25) is 11.8 Å². The van der Waals surface area contributed by atoms with Crippen molar-refractivity contribution < 1.29 is 23.9 Å². The third kappa shape index (κ3) is 4.06. The smallest absolute Gasteiger partial charge is 0.308 e. The number of imide groups is 1. The van der Waals surface area contributed by atoms with E-state index in [9.17, 15) is 19.2 Å². The standard InChI is InChI=1S/C19H18N2O5S/c1-12(22)20(11-16-4-3-9-27-16)17-10-18(24)21(19(17)25)14-5-7-15(8-6-14)26-13(2)23/h3-9,17H,10-11H2,1-2H3. The highest BCUT2D eigenvalue weighted by atomic mass is 32.1. The minimum absolute atomic E-state index is 0.0600. The van der Waals surface area contributed by atoms with Crippen LogP contribution in [0.4, 0.5) is 5.69 Å². The van der Waals surface area contributed by atoms with Gasteiger partial charge in [0, 0.05) is 18.7 Å². The van der Waals surface area contributed by atoms with E-state index in [1.165, 1.54) is 54.3 Å². The van der Waals surface area contributed by atoms with Crippen LogP contribution in [0.2, 0.25) is 0 Å². The van der Waals surface area contributed by atoms with Crippen LogP contribution in [-0.4, -0.2) is 34.6 Å². The first-order valence-electron chi connectivity index (χ1n) is 8.31. The molecule has 1 aromatic carbocycles. The molecular formula is C19H18N2O5S. The minimum atomic E-state index is -0.828. The van der Waals surface area contributed by atoms with Gasteiger partial charge in [-0.3, -0.25) is 19.2 Å². The van der Waals surface area contributed by atoms with Gasteiger partial charge in [-0.25, -0.2) is 4.90 Å². The summed E-state index contributed by atoms with van der Waals surface area (Å²) in [6, 6.07) is 9.02. The molecule has 1 unspecified atom stereocenters. The predicted molar refractivity (Wildman–Crippen MR) is 99.2 cm³/mol. The zero-order valence-corrected chi connectivity index (χ0v) is 15.7. The lowest BCUT2D eigenvalue weighted by atomic mass is 10.2. The van der Waals surface area contributed by atoms with Crippen LogP contribution >= 0.6 is 11.3 Å². The molecule has 7 nitrogen and oxygen atoms in total. The summed E-state index contributed by atoms with van der Waals surface area (Å²) in [5, 5.41) is 1.90. The molecule has 0 N–H and O–H groups in total. The van der Waals surface area contributed by atoms with Gasteiger partial charge in [0.25, 0.3) is 5.91 Å². The number of anilines is 1. The first kappa shape index (κ1) is 18.8. The van der Waals surface area contributed by atoms with E-state index in [0.29, 0.717) is 11.4 Å². The molecule has 0 saturated carbocycles. The summed E-state index contributed by atoms with van der Waals surface area (Å²) in [6.45, 7) is 2.97. The number of benzene rings is 1. The summed E-state index contributed by atoms with van der Waals surface area (Å²) < 4.78 is 4.96. The van der Waals surface area contributed by atoms with E-state index in [4.69, 9.17) is 4.74 Å². The van der Waals surface area contributed by atoms with E-state index in [2.05, 4.69) is 0 Å². The van der Waals surface area contributed by atoms with Crippen molar-refractivity contribution in [3.8, 4) is 5.75 Å². The average molecular weight is 386 g/mol. The molecule has 1 aliphatic heterocycles. The number of carbonyl (C=O) groups is 4. The lowest BCUT2D eigenvalue weighted by molar-refractivity contribution is -0.137. The monoisotopic (exact) mass is 386 g/mol. The Morgan fingerprint density at radius 2 is 1.89 bits per heavy atom. The maximum Gasteiger partial charge on any atom is 0.308 e.